The van der Waals surface area contributed by atoms with Gasteiger partial charge in [-0.15, -0.1) is 0 Å². The summed E-state index contributed by atoms with van der Waals surface area (Å²) in [7, 11) is 0. The third-order valence-electron chi connectivity index (χ3n) is 3.77. The van der Waals surface area contributed by atoms with Gasteiger partial charge in [-0.3, -0.25) is 4.79 Å². The number of halogens is 3. The Morgan fingerprint density at radius 3 is 2.57 bits per heavy atom. The van der Waals surface area contributed by atoms with Gasteiger partial charge in [0.15, 0.2) is 23.9 Å². The van der Waals surface area contributed by atoms with Gasteiger partial charge in [0.25, 0.3) is 5.91 Å². The molecule has 0 bridgehead atoms. The molecule has 0 spiro atoms. The molecule has 1 heterocycles. The number of aromatic nitrogens is 2. The first-order valence-electron chi connectivity index (χ1n) is 8.89. The molecule has 0 atom stereocenters. The molecule has 1 aromatic heterocycles. The van der Waals surface area contributed by atoms with Gasteiger partial charge < -0.3 is 19.5 Å². The quantitative estimate of drug-likeness (QED) is 0.557. The largest absolute Gasteiger partial charge is 0.490 e. The first-order chi connectivity index (χ1) is 14.4. The molecule has 7 nitrogen and oxygen atoms in total. The van der Waals surface area contributed by atoms with E-state index in [0.29, 0.717) is 11.4 Å². The van der Waals surface area contributed by atoms with Crippen LogP contribution in [0, 0.1) is 5.82 Å². The minimum Gasteiger partial charge on any atom is -0.490 e. The standard InChI is InChI=1S/C20H18F3N3O4/c1-2-28-18-11-14(5-8-17(18)30-20(22)23)24-19(27)16-9-10-26(25-16)12-29-15-6-3-13(21)4-7-15/h3-11,20H,2,12H2,1H3,(H,24,27). The van der Waals surface area contributed by atoms with Gasteiger partial charge in [-0.25, -0.2) is 9.07 Å². The third-order valence-corrected chi connectivity index (χ3v) is 3.77. The maximum absolute atomic E-state index is 12.9. The van der Waals surface area contributed by atoms with Crippen LogP contribution in [0.2, 0.25) is 0 Å². The smallest absolute Gasteiger partial charge is 0.387 e. The van der Waals surface area contributed by atoms with Crippen LogP contribution in [0.5, 0.6) is 17.2 Å². The van der Waals surface area contributed by atoms with Gasteiger partial charge in [0.1, 0.15) is 11.6 Å². The topological polar surface area (TPSA) is 74.6 Å². The number of nitrogens with zero attached hydrogens (tertiary/aromatic N) is 2. The van der Waals surface area contributed by atoms with Crippen molar-refractivity contribution in [2.45, 2.75) is 20.3 Å². The van der Waals surface area contributed by atoms with Crippen molar-refractivity contribution in [3.63, 3.8) is 0 Å². The first kappa shape index (κ1) is 21.0. The Bertz CT molecular complexity index is 993. The molecule has 2 aromatic carbocycles. The lowest BCUT2D eigenvalue weighted by Gasteiger charge is -2.13. The molecule has 0 aliphatic carbocycles. The van der Waals surface area contributed by atoms with Crippen LogP contribution in [-0.2, 0) is 6.73 Å². The molecular formula is C20H18F3N3O4. The lowest BCUT2D eigenvalue weighted by atomic mass is 10.2. The normalized spacial score (nSPS) is 10.7. The van der Waals surface area contributed by atoms with Crippen molar-refractivity contribution in [2.75, 3.05) is 11.9 Å². The molecule has 1 N–H and O–H groups in total. The van der Waals surface area contributed by atoms with E-state index in [1.54, 1.807) is 13.1 Å². The lowest BCUT2D eigenvalue weighted by molar-refractivity contribution is -0.0514. The molecule has 0 saturated carbocycles. The van der Waals surface area contributed by atoms with Gasteiger partial charge in [-0.2, -0.15) is 13.9 Å². The van der Waals surface area contributed by atoms with Crippen LogP contribution >= 0.6 is 0 Å². The Labute approximate surface area is 170 Å². The molecular weight excluding hydrogens is 403 g/mol. The number of anilines is 1. The number of rotatable bonds is 9. The Morgan fingerprint density at radius 2 is 1.87 bits per heavy atom. The Balaban J connectivity index is 1.63. The zero-order valence-corrected chi connectivity index (χ0v) is 15.8. The number of nitrogens with one attached hydrogen (secondary N) is 1. The van der Waals surface area contributed by atoms with Crippen LogP contribution in [0.25, 0.3) is 0 Å². The van der Waals surface area contributed by atoms with Gasteiger partial charge in [-0.05, 0) is 49.4 Å². The second-order valence-corrected chi connectivity index (χ2v) is 5.89. The van der Waals surface area contributed by atoms with E-state index >= 15 is 0 Å². The van der Waals surface area contributed by atoms with Gasteiger partial charge >= 0.3 is 6.61 Å². The highest BCUT2D eigenvalue weighted by Gasteiger charge is 2.14. The molecule has 0 aliphatic rings. The third kappa shape index (κ3) is 5.66. The fourth-order valence-corrected chi connectivity index (χ4v) is 2.47. The average molecular weight is 421 g/mol. The molecule has 3 rings (SSSR count). The van der Waals surface area contributed by atoms with Crippen LogP contribution in [0.15, 0.2) is 54.7 Å². The summed E-state index contributed by atoms with van der Waals surface area (Å²) in [5.41, 5.74) is 0.436. The minimum absolute atomic E-state index is 0.0209. The predicted molar refractivity (Wildman–Crippen MR) is 101 cm³/mol. The summed E-state index contributed by atoms with van der Waals surface area (Å²) in [6.07, 6.45) is 1.55. The fraction of sp³-hybridized carbons (Fsp3) is 0.200. The Kier molecular flexibility index (Phi) is 6.79. The zero-order chi connectivity index (χ0) is 21.5. The summed E-state index contributed by atoms with van der Waals surface area (Å²) in [6, 6.07) is 11.0. The summed E-state index contributed by atoms with van der Waals surface area (Å²) in [6.45, 7) is -1.05. The zero-order valence-electron chi connectivity index (χ0n) is 15.8. The minimum atomic E-state index is -2.99. The number of benzene rings is 2. The molecule has 0 saturated heterocycles. The van der Waals surface area contributed by atoms with Crippen LogP contribution in [0.3, 0.4) is 0 Å². The van der Waals surface area contributed by atoms with Crippen molar-refractivity contribution in [1.29, 1.82) is 0 Å². The van der Waals surface area contributed by atoms with Gasteiger partial charge in [0, 0.05) is 18.0 Å². The van der Waals surface area contributed by atoms with E-state index in [1.165, 1.54) is 53.2 Å². The maximum atomic E-state index is 12.9. The van der Waals surface area contributed by atoms with Crippen LogP contribution < -0.4 is 19.5 Å². The van der Waals surface area contributed by atoms with Crippen molar-refractivity contribution in [2.24, 2.45) is 0 Å². The van der Waals surface area contributed by atoms with E-state index in [-0.39, 0.29) is 36.3 Å². The predicted octanol–water partition coefficient (Wildman–Crippen LogP) is 4.31. The molecule has 0 radical (unpaired) electrons. The monoisotopic (exact) mass is 421 g/mol. The van der Waals surface area contributed by atoms with E-state index in [9.17, 15) is 18.0 Å². The second-order valence-electron chi connectivity index (χ2n) is 5.89. The number of alkyl halides is 2. The van der Waals surface area contributed by atoms with Gasteiger partial charge in [0.05, 0.1) is 6.61 Å². The molecule has 0 aliphatic heterocycles. The number of hydrogen-bond donors (Lipinski definition) is 1. The number of ether oxygens (including phenoxy) is 3. The number of hydrogen-bond acceptors (Lipinski definition) is 5. The summed E-state index contributed by atoms with van der Waals surface area (Å²) in [5, 5.41) is 6.72. The van der Waals surface area contributed by atoms with Crippen molar-refractivity contribution in [1.82, 2.24) is 9.78 Å². The van der Waals surface area contributed by atoms with E-state index in [0.717, 1.165) is 0 Å². The van der Waals surface area contributed by atoms with Gasteiger partial charge in [0.2, 0.25) is 0 Å². The van der Waals surface area contributed by atoms with Crippen molar-refractivity contribution >= 4 is 11.6 Å². The maximum Gasteiger partial charge on any atom is 0.387 e. The van der Waals surface area contributed by atoms with Crippen LogP contribution in [0.1, 0.15) is 17.4 Å². The SMILES string of the molecule is CCOc1cc(NC(=O)c2ccn(COc3ccc(F)cc3)n2)ccc1OC(F)F. The summed E-state index contributed by atoms with van der Waals surface area (Å²) >= 11 is 0. The van der Waals surface area contributed by atoms with Crippen LogP contribution in [-0.4, -0.2) is 28.9 Å². The summed E-state index contributed by atoms with van der Waals surface area (Å²) in [5.74, 6) is -0.490. The van der Waals surface area contributed by atoms with E-state index in [2.05, 4.69) is 15.2 Å². The van der Waals surface area contributed by atoms with Crippen molar-refractivity contribution in [3.8, 4) is 17.2 Å². The molecule has 0 unspecified atom stereocenters. The Hall–Kier alpha value is -3.69. The average Bonchev–Trinajstić information content (AvgIpc) is 3.19. The highest BCUT2D eigenvalue weighted by atomic mass is 19.3. The van der Waals surface area contributed by atoms with Gasteiger partial charge in [-0.1, -0.05) is 0 Å². The van der Waals surface area contributed by atoms with Crippen molar-refractivity contribution < 1.29 is 32.2 Å². The Morgan fingerprint density at radius 1 is 1.10 bits per heavy atom. The molecule has 30 heavy (non-hydrogen) atoms. The molecule has 0 fully saturated rings. The highest BCUT2D eigenvalue weighted by molar-refractivity contribution is 6.02. The second kappa shape index (κ2) is 9.68. The highest BCUT2D eigenvalue weighted by Crippen LogP contribution is 2.32. The van der Waals surface area contributed by atoms with E-state index in [4.69, 9.17) is 9.47 Å². The van der Waals surface area contributed by atoms with E-state index in [1.807, 2.05) is 0 Å². The molecule has 1 amide bonds. The van der Waals surface area contributed by atoms with Crippen molar-refractivity contribution in [3.05, 3.63) is 66.2 Å². The summed E-state index contributed by atoms with van der Waals surface area (Å²) < 4.78 is 54.4. The number of carbonyl (C=O) groups is 1. The number of carbonyl (C=O) groups excluding carboxylic acids is 1. The molecule has 10 heteroatoms. The van der Waals surface area contributed by atoms with Crippen LogP contribution in [0.4, 0.5) is 18.9 Å². The fourth-order valence-electron chi connectivity index (χ4n) is 2.47. The molecule has 3 aromatic rings. The summed E-state index contributed by atoms with van der Waals surface area (Å²) in [4.78, 5) is 12.4. The first-order valence-corrected chi connectivity index (χ1v) is 8.89. The number of amides is 1. The molecule has 158 valence electrons. The van der Waals surface area contributed by atoms with E-state index < -0.39 is 12.5 Å². The lowest BCUT2D eigenvalue weighted by Crippen LogP contribution is -2.14.